The first-order chi connectivity index (χ1) is 12.0. The molecular weight excluding hydrogens is 338 g/mol. The van der Waals surface area contributed by atoms with Crippen molar-refractivity contribution < 1.29 is 4.79 Å². The molecule has 0 saturated carbocycles. The van der Waals surface area contributed by atoms with Gasteiger partial charge in [-0.15, -0.1) is 0 Å². The molecule has 6 heteroatoms. The van der Waals surface area contributed by atoms with E-state index in [1.807, 2.05) is 31.2 Å². The Morgan fingerprint density at radius 1 is 1.16 bits per heavy atom. The lowest BCUT2D eigenvalue weighted by molar-refractivity contribution is 0.0775. The van der Waals surface area contributed by atoms with Crippen LogP contribution in [-0.4, -0.2) is 27.6 Å². The Morgan fingerprint density at radius 2 is 1.84 bits per heavy atom. The van der Waals surface area contributed by atoms with Crippen molar-refractivity contribution in [2.75, 3.05) is 7.05 Å². The van der Waals surface area contributed by atoms with Gasteiger partial charge in [-0.25, -0.2) is 0 Å². The Balaban J connectivity index is 1.97. The zero-order chi connectivity index (χ0) is 18.0. The Bertz CT molecular complexity index is 980. The third kappa shape index (κ3) is 3.42. The fraction of sp³-hybridized carbons (Fsp3) is 0.211. The van der Waals surface area contributed by atoms with Gasteiger partial charge in [-0.2, -0.15) is 5.10 Å². The summed E-state index contributed by atoms with van der Waals surface area (Å²) in [4.78, 5) is 27.0. The first kappa shape index (κ1) is 17.2. The maximum Gasteiger partial charge on any atom is 0.278 e. The number of benzene rings is 2. The van der Waals surface area contributed by atoms with Crippen LogP contribution in [0.2, 0.25) is 5.02 Å². The van der Waals surface area contributed by atoms with Gasteiger partial charge >= 0.3 is 0 Å². The van der Waals surface area contributed by atoms with E-state index in [0.29, 0.717) is 23.5 Å². The molecule has 128 valence electrons. The van der Waals surface area contributed by atoms with E-state index in [2.05, 4.69) is 5.10 Å². The van der Waals surface area contributed by atoms with Gasteiger partial charge in [0.1, 0.15) is 0 Å². The summed E-state index contributed by atoms with van der Waals surface area (Å²) in [7, 11) is 1.66. The summed E-state index contributed by atoms with van der Waals surface area (Å²) in [6, 6.07) is 14.4. The minimum atomic E-state index is -0.395. The van der Waals surface area contributed by atoms with Gasteiger partial charge in [-0.3, -0.25) is 14.3 Å². The minimum absolute atomic E-state index is 0.0583. The van der Waals surface area contributed by atoms with E-state index < -0.39 is 5.91 Å². The summed E-state index contributed by atoms with van der Waals surface area (Å²) < 4.78 is 1.68. The largest absolute Gasteiger partial charge is 0.336 e. The summed E-state index contributed by atoms with van der Waals surface area (Å²) in [5.41, 5.74) is 1.26. The number of fused-ring (bicyclic) bond motifs is 1. The van der Waals surface area contributed by atoms with E-state index in [0.717, 1.165) is 11.1 Å². The molecular formula is C19H18ClN3O2. The highest BCUT2D eigenvalue weighted by molar-refractivity contribution is 6.30. The number of hydrogen-bond donors (Lipinski definition) is 0. The van der Waals surface area contributed by atoms with E-state index in [1.54, 1.807) is 36.0 Å². The van der Waals surface area contributed by atoms with Gasteiger partial charge in [0.25, 0.3) is 5.91 Å². The molecule has 0 atom stereocenters. The van der Waals surface area contributed by atoms with Crippen LogP contribution in [0, 0.1) is 0 Å². The Kier molecular flexibility index (Phi) is 4.86. The van der Waals surface area contributed by atoms with Gasteiger partial charge in [0, 0.05) is 30.5 Å². The molecule has 2 aromatic carbocycles. The minimum Gasteiger partial charge on any atom is -0.336 e. The van der Waals surface area contributed by atoms with Crippen LogP contribution in [0.4, 0.5) is 0 Å². The molecule has 0 fully saturated rings. The molecule has 0 spiro atoms. The number of nitrogens with zero attached hydrogens (tertiary/aromatic N) is 3. The predicted molar refractivity (Wildman–Crippen MR) is 98.9 cm³/mol. The molecule has 1 aromatic heterocycles. The highest BCUT2D eigenvalue weighted by Gasteiger charge is 2.20. The molecule has 0 unspecified atom stereocenters. The fourth-order valence-corrected chi connectivity index (χ4v) is 2.86. The zero-order valence-corrected chi connectivity index (χ0v) is 14.8. The van der Waals surface area contributed by atoms with Crippen LogP contribution in [0.5, 0.6) is 0 Å². The smallest absolute Gasteiger partial charge is 0.278 e. The van der Waals surface area contributed by atoms with Crippen molar-refractivity contribution in [3.05, 3.63) is 75.0 Å². The Labute approximate surface area is 150 Å². The number of halogens is 1. The third-order valence-corrected chi connectivity index (χ3v) is 4.30. The quantitative estimate of drug-likeness (QED) is 0.721. The fourth-order valence-electron chi connectivity index (χ4n) is 2.74. The number of amides is 1. The lowest BCUT2D eigenvalue weighted by Crippen LogP contribution is -2.33. The first-order valence-corrected chi connectivity index (χ1v) is 8.39. The molecule has 0 aliphatic carbocycles. The normalized spacial score (nSPS) is 10.8. The summed E-state index contributed by atoms with van der Waals surface area (Å²) in [5.74, 6) is -0.395. The van der Waals surface area contributed by atoms with E-state index in [4.69, 9.17) is 11.6 Å². The van der Waals surface area contributed by atoms with Crippen LogP contribution >= 0.6 is 11.6 Å². The molecule has 25 heavy (non-hydrogen) atoms. The number of para-hydroxylation sites is 1. The molecule has 0 aliphatic heterocycles. The van der Waals surface area contributed by atoms with Gasteiger partial charge < -0.3 is 4.90 Å². The average Bonchev–Trinajstić information content (AvgIpc) is 2.63. The van der Waals surface area contributed by atoms with Gasteiger partial charge in [0.05, 0.1) is 5.52 Å². The lowest BCUT2D eigenvalue weighted by Gasteiger charge is -2.18. The Hall–Kier alpha value is -2.66. The molecule has 0 bridgehead atoms. The third-order valence-electron chi connectivity index (χ3n) is 4.04. The van der Waals surface area contributed by atoms with Crippen molar-refractivity contribution in [3.63, 3.8) is 0 Å². The second-order valence-electron chi connectivity index (χ2n) is 5.80. The van der Waals surface area contributed by atoms with Crippen molar-refractivity contribution in [2.45, 2.75) is 20.0 Å². The highest BCUT2D eigenvalue weighted by atomic mass is 35.5. The highest BCUT2D eigenvalue weighted by Crippen LogP contribution is 2.13. The van der Waals surface area contributed by atoms with Crippen molar-refractivity contribution in [3.8, 4) is 0 Å². The number of carbonyl (C=O) groups excluding carboxylic acids is 1. The van der Waals surface area contributed by atoms with E-state index in [9.17, 15) is 9.59 Å². The molecule has 3 aromatic rings. The summed E-state index contributed by atoms with van der Waals surface area (Å²) >= 11 is 5.88. The molecule has 3 rings (SSSR count). The first-order valence-electron chi connectivity index (χ1n) is 8.01. The van der Waals surface area contributed by atoms with Crippen molar-refractivity contribution in [2.24, 2.45) is 0 Å². The van der Waals surface area contributed by atoms with Crippen LogP contribution < -0.4 is 5.43 Å². The number of hydrogen-bond acceptors (Lipinski definition) is 3. The standard InChI is InChI=1S/C19H18ClN3O2/c1-3-23-16-7-5-4-6-15(16)18(24)17(21-23)19(25)22(2)12-13-8-10-14(20)11-9-13/h4-11H,3,12H2,1-2H3. The monoisotopic (exact) mass is 355 g/mol. The van der Waals surface area contributed by atoms with Crippen molar-refractivity contribution >= 4 is 28.4 Å². The maximum absolute atomic E-state index is 12.8. The molecule has 0 N–H and O–H groups in total. The van der Waals surface area contributed by atoms with Crippen LogP contribution in [0.15, 0.2) is 53.3 Å². The number of aryl methyl sites for hydroxylation is 1. The molecule has 1 amide bonds. The average molecular weight is 356 g/mol. The number of rotatable bonds is 4. The summed E-state index contributed by atoms with van der Waals surface area (Å²) in [6.07, 6.45) is 0. The molecule has 5 nitrogen and oxygen atoms in total. The van der Waals surface area contributed by atoms with Gasteiger partial charge in [0.2, 0.25) is 5.43 Å². The number of carbonyl (C=O) groups is 1. The van der Waals surface area contributed by atoms with Gasteiger partial charge in [-0.1, -0.05) is 35.9 Å². The van der Waals surface area contributed by atoms with Gasteiger partial charge in [-0.05, 0) is 36.8 Å². The van der Waals surface area contributed by atoms with E-state index >= 15 is 0 Å². The van der Waals surface area contributed by atoms with E-state index in [-0.39, 0.29) is 11.1 Å². The van der Waals surface area contributed by atoms with Crippen LogP contribution in [0.25, 0.3) is 10.9 Å². The maximum atomic E-state index is 12.8. The lowest BCUT2D eigenvalue weighted by atomic mass is 10.1. The summed E-state index contributed by atoms with van der Waals surface area (Å²) in [5, 5.41) is 5.43. The molecule has 0 radical (unpaired) electrons. The molecule has 0 saturated heterocycles. The summed E-state index contributed by atoms with van der Waals surface area (Å²) in [6.45, 7) is 2.87. The molecule has 0 aliphatic rings. The second-order valence-corrected chi connectivity index (χ2v) is 6.23. The van der Waals surface area contributed by atoms with Crippen LogP contribution in [-0.2, 0) is 13.1 Å². The van der Waals surface area contributed by atoms with Gasteiger partial charge in [0.15, 0.2) is 5.69 Å². The van der Waals surface area contributed by atoms with E-state index in [1.165, 1.54) is 4.90 Å². The number of aromatic nitrogens is 2. The SMILES string of the molecule is CCn1nc(C(=O)N(C)Cc2ccc(Cl)cc2)c(=O)c2ccccc21. The van der Waals surface area contributed by atoms with Crippen LogP contribution in [0.1, 0.15) is 23.0 Å². The topological polar surface area (TPSA) is 55.2 Å². The van der Waals surface area contributed by atoms with Crippen molar-refractivity contribution in [1.29, 1.82) is 0 Å². The molecule has 1 heterocycles. The van der Waals surface area contributed by atoms with Crippen molar-refractivity contribution in [1.82, 2.24) is 14.7 Å². The second kappa shape index (κ2) is 7.07. The Morgan fingerprint density at radius 3 is 2.52 bits per heavy atom. The zero-order valence-electron chi connectivity index (χ0n) is 14.1. The van der Waals surface area contributed by atoms with Crippen LogP contribution in [0.3, 0.4) is 0 Å². The predicted octanol–water partition coefficient (Wildman–Crippen LogP) is 3.34.